The lowest BCUT2D eigenvalue weighted by atomic mass is 10.1. The minimum absolute atomic E-state index is 0.0106. The highest BCUT2D eigenvalue weighted by atomic mass is 16.5. The molecule has 1 aliphatic heterocycles. The number of benzene rings is 1. The second kappa shape index (κ2) is 6.78. The highest BCUT2D eigenvalue weighted by Crippen LogP contribution is 2.22. The van der Waals surface area contributed by atoms with Crippen LogP contribution in [0.3, 0.4) is 0 Å². The number of morpholine rings is 1. The molecule has 0 bridgehead atoms. The van der Waals surface area contributed by atoms with Crippen molar-refractivity contribution in [2.24, 2.45) is 7.05 Å². The number of aryl methyl sites for hydroxylation is 1. The molecule has 1 amide bonds. The quantitative estimate of drug-likeness (QED) is 0.853. The molecule has 2 heterocycles. The Bertz CT molecular complexity index is 668. The fraction of sp³-hybridized carbons (Fsp3) is 0.438. The van der Waals surface area contributed by atoms with E-state index in [0.717, 1.165) is 11.6 Å². The Hall–Kier alpha value is -2.41. The molecular weight excluding hydrogens is 296 g/mol. The molecule has 1 aliphatic rings. The Morgan fingerprint density at radius 2 is 2.17 bits per heavy atom. The first-order valence-electron chi connectivity index (χ1n) is 7.66. The maximum Gasteiger partial charge on any atom is 0.254 e. The number of ether oxygens (including phenoxy) is 2. The van der Waals surface area contributed by atoms with E-state index in [4.69, 9.17) is 9.47 Å². The molecular formula is C16H20N4O3. The predicted octanol–water partition coefficient (Wildman–Crippen LogP) is 1.43. The summed E-state index contributed by atoms with van der Waals surface area (Å²) in [6.07, 6.45) is 1.38. The predicted molar refractivity (Wildman–Crippen MR) is 83.2 cm³/mol. The van der Waals surface area contributed by atoms with Gasteiger partial charge < -0.3 is 18.9 Å². The Labute approximate surface area is 134 Å². The van der Waals surface area contributed by atoms with Crippen LogP contribution in [0.5, 0.6) is 5.75 Å². The van der Waals surface area contributed by atoms with Crippen LogP contribution in [-0.4, -0.2) is 51.9 Å². The summed E-state index contributed by atoms with van der Waals surface area (Å²) in [6, 6.07) is 7.22. The van der Waals surface area contributed by atoms with Crippen LogP contribution in [0, 0.1) is 0 Å². The lowest BCUT2D eigenvalue weighted by Crippen LogP contribution is -2.42. The number of hydrogen-bond acceptors (Lipinski definition) is 5. The smallest absolute Gasteiger partial charge is 0.254 e. The van der Waals surface area contributed by atoms with Crippen LogP contribution in [0.25, 0.3) is 0 Å². The van der Waals surface area contributed by atoms with Crippen molar-refractivity contribution >= 4 is 5.91 Å². The van der Waals surface area contributed by atoms with Gasteiger partial charge >= 0.3 is 0 Å². The third-order valence-corrected chi connectivity index (χ3v) is 3.80. The molecule has 0 radical (unpaired) electrons. The Balaban J connectivity index is 1.70. The topological polar surface area (TPSA) is 69.5 Å². The third-order valence-electron chi connectivity index (χ3n) is 3.80. The van der Waals surface area contributed by atoms with Crippen molar-refractivity contribution in [1.29, 1.82) is 0 Å². The highest BCUT2D eigenvalue weighted by molar-refractivity contribution is 5.94. The van der Waals surface area contributed by atoms with Gasteiger partial charge in [-0.1, -0.05) is 0 Å². The molecule has 0 unspecified atom stereocenters. The zero-order chi connectivity index (χ0) is 16.2. The zero-order valence-corrected chi connectivity index (χ0v) is 13.3. The van der Waals surface area contributed by atoms with Crippen LogP contribution in [0.2, 0.25) is 0 Å². The van der Waals surface area contributed by atoms with Gasteiger partial charge in [0.15, 0.2) is 5.82 Å². The Morgan fingerprint density at radius 1 is 1.39 bits per heavy atom. The van der Waals surface area contributed by atoms with E-state index in [9.17, 15) is 4.79 Å². The van der Waals surface area contributed by atoms with Crippen molar-refractivity contribution in [2.45, 2.75) is 13.0 Å². The van der Waals surface area contributed by atoms with Crippen molar-refractivity contribution in [2.75, 3.05) is 26.3 Å². The van der Waals surface area contributed by atoms with Crippen LogP contribution in [0.1, 0.15) is 29.2 Å². The van der Waals surface area contributed by atoms with Gasteiger partial charge in [0.1, 0.15) is 18.2 Å². The molecule has 7 nitrogen and oxygen atoms in total. The summed E-state index contributed by atoms with van der Waals surface area (Å²) < 4.78 is 13.0. The van der Waals surface area contributed by atoms with Gasteiger partial charge in [-0.25, -0.2) is 0 Å². The summed E-state index contributed by atoms with van der Waals surface area (Å²) in [7, 11) is 1.87. The molecule has 0 spiro atoms. The SMILES string of the molecule is CCOc1ccc(C(=O)N2CCO[C@H](c3nncn3C)C2)cc1. The number of nitrogens with zero attached hydrogens (tertiary/aromatic N) is 4. The van der Waals surface area contributed by atoms with Crippen molar-refractivity contribution in [3.63, 3.8) is 0 Å². The first-order valence-corrected chi connectivity index (χ1v) is 7.66. The molecule has 0 N–H and O–H groups in total. The molecule has 1 saturated heterocycles. The van der Waals surface area contributed by atoms with Crippen LogP contribution in [0.4, 0.5) is 0 Å². The van der Waals surface area contributed by atoms with Gasteiger partial charge in [-0.2, -0.15) is 0 Å². The number of hydrogen-bond donors (Lipinski definition) is 0. The third kappa shape index (κ3) is 3.34. The first kappa shape index (κ1) is 15.5. The molecule has 0 aliphatic carbocycles. The van der Waals surface area contributed by atoms with E-state index >= 15 is 0 Å². The largest absolute Gasteiger partial charge is 0.494 e. The van der Waals surface area contributed by atoms with E-state index in [2.05, 4.69) is 10.2 Å². The molecule has 23 heavy (non-hydrogen) atoms. The van der Waals surface area contributed by atoms with Gasteiger partial charge in [0.05, 0.1) is 19.8 Å². The van der Waals surface area contributed by atoms with E-state index in [-0.39, 0.29) is 12.0 Å². The van der Waals surface area contributed by atoms with E-state index in [1.807, 2.05) is 30.7 Å². The van der Waals surface area contributed by atoms with Crippen LogP contribution < -0.4 is 4.74 Å². The summed E-state index contributed by atoms with van der Waals surface area (Å²) >= 11 is 0. The van der Waals surface area contributed by atoms with Crippen molar-refractivity contribution in [3.05, 3.63) is 42.0 Å². The molecule has 1 atom stereocenters. The molecule has 1 fully saturated rings. The number of rotatable bonds is 4. The molecule has 1 aromatic heterocycles. The number of aromatic nitrogens is 3. The van der Waals surface area contributed by atoms with Gasteiger partial charge in [-0.3, -0.25) is 4.79 Å². The van der Waals surface area contributed by atoms with Gasteiger partial charge in [-0.15, -0.1) is 10.2 Å². The van der Waals surface area contributed by atoms with Crippen LogP contribution >= 0.6 is 0 Å². The van der Waals surface area contributed by atoms with Gasteiger partial charge in [0.25, 0.3) is 5.91 Å². The minimum atomic E-state index is -0.247. The van der Waals surface area contributed by atoms with Crippen molar-refractivity contribution < 1.29 is 14.3 Å². The van der Waals surface area contributed by atoms with Crippen molar-refractivity contribution in [1.82, 2.24) is 19.7 Å². The number of carbonyl (C=O) groups excluding carboxylic acids is 1. The molecule has 1 aromatic carbocycles. The van der Waals surface area contributed by atoms with E-state index < -0.39 is 0 Å². The fourth-order valence-electron chi connectivity index (χ4n) is 2.62. The average molecular weight is 316 g/mol. The Morgan fingerprint density at radius 3 is 2.83 bits per heavy atom. The van der Waals surface area contributed by atoms with Gasteiger partial charge in [0, 0.05) is 19.2 Å². The zero-order valence-electron chi connectivity index (χ0n) is 13.3. The van der Waals surface area contributed by atoms with Gasteiger partial charge in [0.2, 0.25) is 0 Å². The van der Waals surface area contributed by atoms with E-state index in [0.29, 0.717) is 31.9 Å². The lowest BCUT2D eigenvalue weighted by molar-refractivity contribution is -0.0281. The molecule has 122 valence electrons. The molecule has 0 saturated carbocycles. The average Bonchev–Trinajstić information content (AvgIpc) is 3.01. The summed E-state index contributed by atoms with van der Waals surface area (Å²) in [5.74, 6) is 1.49. The fourth-order valence-corrected chi connectivity index (χ4v) is 2.62. The molecule has 2 aromatic rings. The van der Waals surface area contributed by atoms with Crippen molar-refractivity contribution in [3.8, 4) is 5.75 Å². The summed E-state index contributed by atoms with van der Waals surface area (Å²) in [6.45, 7) is 4.06. The highest BCUT2D eigenvalue weighted by Gasteiger charge is 2.28. The molecule has 3 rings (SSSR count). The summed E-state index contributed by atoms with van der Waals surface area (Å²) in [5, 5.41) is 7.94. The summed E-state index contributed by atoms with van der Waals surface area (Å²) in [4.78, 5) is 14.4. The monoisotopic (exact) mass is 316 g/mol. The second-order valence-electron chi connectivity index (χ2n) is 5.37. The van der Waals surface area contributed by atoms with Gasteiger partial charge in [-0.05, 0) is 31.2 Å². The maximum absolute atomic E-state index is 12.7. The normalized spacial score (nSPS) is 18.0. The Kier molecular flexibility index (Phi) is 4.57. The van der Waals surface area contributed by atoms with E-state index in [1.54, 1.807) is 23.4 Å². The first-order chi connectivity index (χ1) is 11.2. The van der Waals surface area contributed by atoms with Crippen LogP contribution in [0.15, 0.2) is 30.6 Å². The second-order valence-corrected chi connectivity index (χ2v) is 5.37. The standard InChI is InChI=1S/C16H20N4O3/c1-3-22-13-6-4-12(5-7-13)16(21)20-8-9-23-14(10-20)15-18-17-11-19(15)2/h4-7,11,14H,3,8-10H2,1-2H3/t14-/m0/s1. The lowest BCUT2D eigenvalue weighted by Gasteiger charge is -2.32. The number of amides is 1. The molecule has 7 heteroatoms. The maximum atomic E-state index is 12.7. The summed E-state index contributed by atoms with van der Waals surface area (Å²) in [5.41, 5.74) is 0.645. The van der Waals surface area contributed by atoms with E-state index in [1.165, 1.54) is 0 Å². The minimum Gasteiger partial charge on any atom is -0.494 e. The van der Waals surface area contributed by atoms with Crippen LogP contribution in [-0.2, 0) is 11.8 Å². The number of carbonyl (C=O) groups is 1.